The van der Waals surface area contributed by atoms with E-state index in [0.29, 0.717) is 58.3 Å². The maximum atomic E-state index is 11.6. The van der Waals surface area contributed by atoms with Gasteiger partial charge in [-0.25, -0.2) is 4.68 Å². The molecule has 0 radical (unpaired) electrons. The zero-order chi connectivity index (χ0) is 18.5. The summed E-state index contributed by atoms with van der Waals surface area (Å²) >= 11 is 0. The Morgan fingerprint density at radius 3 is 2.32 bits per heavy atom. The molecule has 0 atom stereocenters. The van der Waals surface area contributed by atoms with Crippen LogP contribution in [-0.2, 0) is 32.0 Å². The number of Topliss-reactive ketones (excluding diaryl/α,β-unsaturated/α-hetero) is 1. The highest BCUT2D eigenvalue weighted by Gasteiger charge is 2.09. The van der Waals surface area contributed by atoms with Crippen molar-refractivity contribution in [3.8, 4) is 0 Å². The summed E-state index contributed by atoms with van der Waals surface area (Å²) in [5.74, 6) is 0.885. The molecule has 1 aromatic heterocycles. The van der Waals surface area contributed by atoms with Gasteiger partial charge in [-0.2, -0.15) is 0 Å². The minimum absolute atomic E-state index is 0.0763. The van der Waals surface area contributed by atoms with Gasteiger partial charge < -0.3 is 14.2 Å². The van der Waals surface area contributed by atoms with Crippen LogP contribution in [0.15, 0.2) is 6.20 Å². The largest absolute Gasteiger partial charge is 0.379 e. The molecule has 0 bridgehead atoms. The zero-order valence-electron chi connectivity index (χ0n) is 16.1. The summed E-state index contributed by atoms with van der Waals surface area (Å²) < 4.78 is 18.1. The van der Waals surface area contributed by atoms with Crippen LogP contribution >= 0.6 is 0 Å². The van der Waals surface area contributed by atoms with Gasteiger partial charge in [0, 0.05) is 31.6 Å². The Kier molecular flexibility index (Phi) is 11.3. The molecule has 1 aromatic rings. The maximum Gasteiger partial charge on any atom is 0.135 e. The highest BCUT2D eigenvalue weighted by atomic mass is 16.5. The summed E-state index contributed by atoms with van der Waals surface area (Å²) in [6, 6.07) is 0. The fraction of sp³-hybridized carbons (Fsp3) is 0.833. The van der Waals surface area contributed by atoms with Crippen LogP contribution in [0.3, 0.4) is 0 Å². The molecule has 0 N–H and O–H groups in total. The first-order chi connectivity index (χ1) is 12.0. The minimum atomic E-state index is 0.0763. The van der Waals surface area contributed by atoms with Crippen molar-refractivity contribution in [2.24, 2.45) is 11.8 Å². The summed E-state index contributed by atoms with van der Waals surface area (Å²) in [6.45, 7) is 12.4. The number of carbonyl (C=O) groups excluding carboxylic acids is 1. The third kappa shape index (κ3) is 11.0. The second-order valence-corrected chi connectivity index (χ2v) is 6.79. The highest BCUT2D eigenvalue weighted by Crippen LogP contribution is 2.04. The number of hydrogen-bond acceptors (Lipinski definition) is 6. The first-order valence-corrected chi connectivity index (χ1v) is 9.14. The lowest BCUT2D eigenvalue weighted by molar-refractivity contribution is -0.121. The smallest absolute Gasteiger partial charge is 0.135 e. The van der Waals surface area contributed by atoms with Gasteiger partial charge in [-0.1, -0.05) is 32.9 Å². The number of ether oxygens (including phenoxy) is 3. The first kappa shape index (κ1) is 21.7. The molecule has 0 aromatic carbocycles. The lowest BCUT2D eigenvalue weighted by Crippen LogP contribution is -2.13. The van der Waals surface area contributed by atoms with Crippen molar-refractivity contribution in [2.75, 3.05) is 39.6 Å². The van der Waals surface area contributed by atoms with Crippen molar-refractivity contribution >= 4 is 5.78 Å². The fourth-order valence-corrected chi connectivity index (χ4v) is 2.02. The second kappa shape index (κ2) is 13.0. The molecule has 0 fully saturated rings. The van der Waals surface area contributed by atoms with Crippen molar-refractivity contribution in [3.05, 3.63) is 11.9 Å². The van der Waals surface area contributed by atoms with Crippen LogP contribution in [0.4, 0.5) is 0 Å². The van der Waals surface area contributed by atoms with Crippen molar-refractivity contribution < 1.29 is 19.0 Å². The number of hydrogen-bond donors (Lipinski definition) is 0. The van der Waals surface area contributed by atoms with Gasteiger partial charge in [0.2, 0.25) is 0 Å². The Labute approximate surface area is 151 Å². The Morgan fingerprint density at radius 2 is 1.68 bits per heavy atom. The quantitative estimate of drug-likeness (QED) is 0.449. The van der Waals surface area contributed by atoms with Crippen LogP contribution in [0, 0.1) is 11.8 Å². The minimum Gasteiger partial charge on any atom is -0.379 e. The van der Waals surface area contributed by atoms with E-state index in [9.17, 15) is 4.79 Å². The molecule has 0 aliphatic rings. The van der Waals surface area contributed by atoms with Crippen LogP contribution in [-0.4, -0.2) is 60.4 Å². The molecule has 0 unspecified atom stereocenters. The van der Waals surface area contributed by atoms with Crippen molar-refractivity contribution in [1.29, 1.82) is 0 Å². The molecule has 7 heteroatoms. The summed E-state index contributed by atoms with van der Waals surface area (Å²) in [5, 5.41) is 8.13. The Morgan fingerprint density at radius 1 is 1.04 bits per heavy atom. The lowest BCUT2D eigenvalue weighted by Gasteiger charge is -2.08. The van der Waals surface area contributed by atoms with Gasteiger partial charge in [0.1, 0.15) is 5.78 Å². The molecule has 0 aliphatic carbocycles. The Balaban J connectivity index is 1.99. The highest BCUT2D eigenvalue weighted by molar-refractivity contribution is 5.80. The van der Waals surface area contributed by atoms with E-state index in [1.807, 2.05) is 20.0 Å². The standard InChI is InChI=1S/C18H33N3O4/c1-15(2)14-25-12-11-24-10-9-23-8-7-21-13-17(19-20-21)5-6-18(22)16(3)4/h13,15-16H,5-12,14H2,1-4H3. The van der Waals surface area contributed by atoms with E-state index in [1.54, 1.807) is 4.68 Å². The predicted octanol–water partition coefficient (Wildman–Crippen LogP) is 2.14. The molecule has 7 nitrogen and oxygen atoms in total. The molecule has 25 heavy (non-hydrogen) atoms. The molecule has 144 valence electrons. The average Bonchev–Trinajstić information content (AvgIpc) is 3.01. The summed E-state index contributed by atoms with van der Waals surface area (Å²) in [7, 11) is 0. The van der Waals surface area contributed by atoms with Gasteiger partial charge in [-0.05, 0) is 5.92 Å². The van der Waals surface area contributed by atoms with Crippen LogP contribution < -0.4 is 0 Å². The monoisotopic (exact) mass is 355 g/mol. The molecule has 0 aliphatic heterocycles. The third-order valence-electron chi connectivity index (χ3n) is 3.52. The molecule has 1 heterocycles. The normalized spacial score (nSPS) is 11.6. The zero-order valence-corrected chi connectivity index (χ0v) is 16.1. The van der Waals surface area contributed by atoms with E-state index in [2.05, 4.69) is 24.2 Å². The van der Waals surface area contributed by atoms with E-state index in [0.717, 1.165) is 12.3 Å². The number of ketones is 1. The van der Waals surface area contributed by atoms with Gasteiger partial charge in [0.05, 0.1) is 45.3 Å². The number of aromatic nitrogens is 3. The maximum absolute atomic E-state index is 11.6. The van der Waals surface area contributed by atoms with Crippen LogP contribution in [0.2, 0.25) is 0 Å². The van der Waals surface area contributed by atoms with Crippen LogP contribution in [0.1, 0.15) is 39.8 Å². The van der Waals surface area contributed by atoms with E-state index in [-0.39, 0.29) is 11.7 Å². The van der Waals surface area contributed by atoms with E-state index >= 15 is 0 Å². The SMILES string of the molecule is CC(C)COCCOCCOCCn1cc(CCC(=O)C(C)C)nn1. The van der Waals surface area contributed by atoms with Crippen molar-refractivity contribution in [2.45, 2.75) is 47.1 Å². The van der Waals surface area contributed by atoms with Gasteiger partial charge in [-0.15, -0.1) is 5.10 Å². The molecular formula is C18H33N3O4. The summed E-state index contributed by atoms with van der Waals surface area (Å²) in [5.41, 5.74) is 0.846. The molecule has 0 saturated heterocycles. The third-order valence-corrected chi connectivity index (χ3v) is 3.52. The summed E-state index contributed by atoms with van der Waals surface area (Å²) in [4.78, 5) is 11.6. The Hall–Kier alpha value is -1.31. The number of carbonyl (C=O) groups is 1. The average molecular weight is 355 g/mol. The van der Waals surface area contributed by atoms with E-state index in [4.69, 9.17) is 14.2 Å². The topological polar surface area (TPSA) is 75.5 Å². The Bertz CT molecular complexity index is 475. The van der Waals surface area contributed by atoms with E-state index < -0.39 is 0 Å². The van der Waals surface area contributed by atoms with Crippen molar-refractivity contribution in [3.63, 3.8) is 0 Å². The van der Waals surface area contributed by atoms with Crippen LogP contribution in [0.5, 0.6) is 0 Å². The molecular weight excluding hydrogens is 322 g/mol. The van der Waals surface area contributed by atoms with Gasteiger partial charge in [0.25, 0.3) is 0 Å². The van der Waals surface area contributed by atoms with Gasteiger partial charge >= 0.3 is 0 Å². The fourth-order valence-electron chi connectivity index (χ4n) is 2.02. The molecule has 1 rings (SSSR count). The van der Waals surface area contributed by atoms with Crippen molar-refractivity contribution in [1.82, 2.24) is 15.0 Å². The second-order valence-electron chi connectivity index (χ2n) is 6.79. The van der Waals surface area contributed by atoms with Gasteiger partial charge in [0.15, 0.2) is 0 Å². The van der Waals surface area contributed by atoms with Gasteiger partial charge in [-0.3, -0.25) is 4.79 Å². The summed E-state index contributed by atoms with van der Waals surface area (Å²) in [6.07, 6.45) is 3.04. The van der Waals surface area contributed by atoms with Crippen LogP contribution in [0.25, 0.3) is 0 Å². The first-order valence-electron chi connectivity index (χ1n) is 9.14. The number of aryl methyl sites for hydroxylation is 1. The molecule has 0 amide bonds. The molecule has 0 spiro atoms. The number of nitrogens with zero attached hydrogens (tertiary/aromatic N) is 3. The van der Waals surface area contributed by atoms with E-state index in [1.165, 1.54) is 0 Å². The predicted molar refractivity (Wildman–Crippen MR) is 95.5 cm³/mol. The lowest BCUT2D eigenvalue weighted by atomic mass is 10.0. The molecule has 0 saturated carbocycles. The number of rotatable bonds is 15.